The zero-order chi connectivity index (χ0) is 13.8. The van der Waals surface area contributed by atoms with E-state index in [2.05, 4.69) is 5.32 Å². The quantitative estimate of drug-likeness (QED) is 0.808. The highest BCUT2D eigenvalue weighted by Gasteiger charge is 2.13. The van der Waals surface area contributed by atoms with Gasteiger partial charge >= 0.3 is 0 Å². The fraction of sp³-hybridized carbons (Fsp3) is 0.500. The van der Waals surface area contributed by atoms with Crippen molar-refractivity contribution in [3.05, 3.63) is 29.8 Å². The van der Waals surface area contributed by atoms with Crippen molar-refractivity contribution in [2.45, 2.75) is 13.0 Å². The molecule has 0 saturated carbocycles. The van der Waals surface area contributed by atoms with E-state index in [1.165, 1.54) is 18.4 Å². The molecule has 0 fully saturated rings. The predicted octanol–water partition coefficient (Wildman–Crippen LogP) is 0.934. The number of phenolic OH excluding ortho intramolecular Hbond substituents is 1. The van der Waals surface area contributed by atoms with Crippen molar-refractivity contribution < 1.29 is 13.5 Å². The average molecular weight is 272 g/mol. The summed E-state index contributed by atoms with van der Waals surface area (Å²) in [5.41, 5.74) is 1.01. The molecule has 5 nitrogen and oxygen atoms in total. The summed E-state index contributed by atoms with van der Waals surface area (Å²) in [7, 11) is -0.0989. The van der Waals surface area contributed by atoms with Crippen molar-refractivity contribution in [2.75, 3.05) is 26.4 Å². The zero-order valence-corrected chi connectivity index (χ0v) is 11.7. The number of nitrogens with zero attached hydrogens (tertiary/aromatic N) is 1. The van der Waals surface area contributed by atoms with Crippen LogP contribution in [-0.4, -0.2) is 44.2 Å². The maximum absolute atomic E-state index is 11.5. The second-order valence-electron chi connectivity index (χ2n) is 4.37. The second-order valence-corrected chi connectivity index (χ2v) is 6.67. The third kappa shape index (κ3) is 4.29. The lowest BCUT2D eigenvalue weighted by molar-refractivity contribution is 0.474. The lowest BCUT2D eigenvalue weighted by Crippen LogP contribution is -2.32. The van der Waals surface area contributed by atoms with Crippen LogP contribution in [-0.2, 0) is 10.0 Å². The van der Waals surface area contributed by atoms with Crippen LogP contribution < -0.4 is 5.32 Å². The molecule has 0 aliphatic rings. The number of benzene rings is 1. The van der Waals surface area contributed by atoms with E-state index in [1.807, 2.05) is 19.1 Å². The molecule has 0 bridgehead atoms. The Balaban J connectivity index is 2.47. The summed E-state index contributed by atoms with van der Waals surface area (Å²) in [5, 5.41) is 12.3. The number of rotatable bonds is 6. The highest BCUT2D eigenvalue weighted by atomic mass is 32.2. The van der Waals surface area contributed by atoms with Crippen molar-refractivity contribution in [2.24, 2.45) is 0 Å². The van der Waals surface area contributed by atoms with Gasteiger partial charge in [0.15, 0.2) is 0 Å². The van der Waals surface area contributed by atoms with Crippen LogP contribution in [0.15, 0.2) is 24.3 Å². The number of hydrogen-bond donors (Lipinski definition) is 2. The molecule has 0 amide bonds. The average Bonchev–Trinajstić information content (AvgIpc) is 2.29. The molecule has 0 saturated heterocycles. The van der Waals surface area contributed by atoms with Crippen molar-refractivity contribution >= 4 is 10.0 Å². The maximum atomic E-state index is 11.5. The molecule has 0 aromatic heterocycles. The molecule has 1 atom stereocenters. The monoisotopic (exact) mass is 272 g/mol. The molecular weight excluding hydrogens is 252 g/mol. The molecule has 6 heteroatoms. The number of hydrogen-bond acceptors (Lipinski definition) is 4. The third-order valence-corrected chi connectivity index (χ3v) is 4.59. The first-order valence-corrected chi connectivity index (χ1v) is 7.36. The van der Waals surface area contributed by atoms with Crippen molar-refractivity contribution in [1.82, 2.24) is 9.62 Å². The van der Waals surface area contributed by atoms with E-state index in [0.29, 0.717) is 6.54 Å². The van der Waals surface area contributed by atoms with Crippen LogP contribution in [0.4, 0.5) is 0 Å². The Morgan fingerprint density at radius 1 is 1.28 bits per heavy atom. The zero-order valence-electron chi connectivity index (χ0n) is 10.9. The topological polar surface area (TPSA) is 69.6 Å². The molecule has 0 heterocycles. The van der Waals surface area contributed by atoms with Gasteiger partial charge in [-0.1, -0.05) is 12.1 Å². The lowest BCUT2D eigenvalue weighted by Gasteiger charge is -2.16. The van der Waals surface area contributed by atoms with Crippen molar-refractivity contribution in [3.8, 4) is 5.75 Å². The van der Waals surface area contributed by atoms with Crippen LogP contribution >= 0.6 is 0 Å². The smallest absolute Gasteiger partial charge is 0.214 e. The van der Waals surface area contributed by atoms with E-state index in [1.54, 1.807) is 12.1 Å². The van der Waals surface area contributed by atoms with Gasteiger partial charge in [-0.15, -0.1) is 0 Å². The van der Waals surface area contributed by atoms with Gasteiger partial charge in [0.25, 0.3) is 0 Å². The van der Waals surface area contributed by atoms with Gasteiger partial charge in [0.05, 0.1) is 5.75 Å². The first-order valence-electron chi connectivity index (χ1n) is 5.75. The van der Waals surface area contributed by atoms with Crippen molar-refractivity contribution in [3.63, 3.8) is 0 Å². The largest absolute Gasteiger partial charge is 0.508 e. The molecule has 1 unspecified atom stereocenters. The summed E-state index contributed by atoms with van der Waals surface area (Å²) < 4.78 is 24.3. The molecule has 102 valence electrons. The number of nitrogens with one attached hydrogen (secondary N) is 1. The summed E-state index contributed by atoms with van der Waals surface area (Å²) in [6.07, 6.45) is 0. The van der Waals surface area contributed by atoms with Crippen LogP contribution in [0.3, 0.4) is 0 Å². The fourth-order valence-corrected chi connectivity index (χ4v) is 2.21. The van der Waals surface area contributed by atoms with E-state index in [-0.39, 0.29) is 17.5 Å². The van der Waals surface area contributed by atoms with E-state index < -0.39 is 10.0 Å². The Labute approximate surface area is 108 Å². The summed E-state index contributed by atoms with van der Waals surface area (Å²) >= 11 is 0. The first kappa shape index (κ1) is 14.9. The SMILES string of the molecule is CC(NCCS(=O)(=O)N(C)C)c1ccc(O)cc1. The van der Waals surface area contributed by atoms with E-state index >= 15 is 0 Å². The Kier molecular flexibility index (Phi) is 5.13. The molecule has 1 rings (SSSR count). The predicted molar refractivity (Wildman–Crippen MR) is 72.0 cm³/mol. The van der Waals surface area contributed by atoms with Crippen LogP contribution in [0, 0.1) is 0 Å². The molecular formula is C12H20N2O3S. The third-order valence-electron chi connectivity index (χ3n) is 2.76. The minimum Gasteiger partial charge on any atom is -0.508 e. The van der Waals surface area contributed by atoms with Crippen LogP contribution in [0.2, 0.25) is 0 Å². The Hall–Kier alpha value is -1.11. The summed E-state index contributed by atoms with van der Waals surface area (Å²) in [6.45, 7) is 2.34. The molecule has 1 aromatic rings. The molecule has 1 aromatic carbocycles. The molecule has 0 radical (unpaired) electrons. The maximum Gasteiger partial charge on any atom is 0.214 e. The molecule has 0 spiro atoms. The molecule has 0 aliphatic heterocycles. The minimum absolute atomic E-state index is 0.0444. The van der Waals surface area contributed by atoms with Crippen LogP contribution in [0.1, 0.15) is 18.5 Å². The van der Waals surface area contributed by atoms with E-state index in [9.17, 15) is 13.5 Å². The molecule has 0 aliphatic carbocycles. The minimum atomic E-state index is -3.15. The van der Waals surface area contributed by atoms with Gasteiger partial charge in [-0.25, -0.2) is 12.7 Å². The summed E-state index contributed by atoms with van der Waals surface area (Å²) in [4.78, 5) is 0. The van der Waals surface area contributed by atoms with Crippen molar-refractivity contribution in [1.29, 1.82) is 0 Å². The van der Waals surface area contributed by atoms with Gasteiger partial charge in [-0.05, 0) is 24.6 Å². The highest BCUT2D eigenvalue weighted by molar-refractivity contribution is 7.89. The number of sulfonamides is 1. The first-order chi connectivity index (χ1) is 8.33. The van der Waals surface area contributed by atoms with E-state index in [4.69, 9.17) is 0 Å². The Morgan fingerprint density at radius 3 is 2.33 bits per heavy atom. The molecule has 18 heavy (non-hydrogen) atoms. The standard InChI is InChI=1S/C12H20N2O3S/c1-10(11-4-6-12(15)7-5-11)13-8-9-18(16,17)14(2)3/h4-7,10,13,15H,8-9H2,1-3H3. The van der Waals surface area contributed by atoms with Crippen LogP contribution in [0.5, 0.6) is 5.75 Å². The van der Waals surface area contributed by atoms with Gasteiger partial charge in [0.1, 0.15) is 5.75 Å². The van der Waals surface area contributed by atoms with Gasteiger partial charge in [0, 0.05) is 26.7 Å². The van der Waals surface area contributed by atoms with Crippen LogP contribution in [0.25, 0.3) is 0 Å². The Bertz CT molecular complexity index is 469. The molecule has 2 N–H and O–H groups in total. The normalized spacial score (nSPS) is 13.8. The van der Waals surface area contributed by atoms with E-state index in [0.717, 1.165) is 5.56 Å². The number of phenols is 1. The summed E-state index contributed by atoms with van der Waals surface area (Å²) in [6, 6.07) is 6.90. The van der Waals surface area contributed by atoms with Gasteiger partial charge in [-0.3, -0.25) is 0 Å². The summed E-state index contributed by atoms with van der Waals surface area (Å²) in [5.74, 6) is 0.295. The Morgan fingerprint density at radius 2 is 1.83 bits per heavy atom. The van der Waals surface area contributed by atoms with Gasteiger partial charge in [0.2, 0.25) is 10.0 Å². The number of aromatic hydroxyl groups is 1. The highest BCUT2D eigenvalue weighted by Crippen LogP contribution is 2.16. The fourth-order valence-electron chi connectivity index (χ4n) is 1.47. The second kappa shape index (κ2) is 6.17. The van der Waals surface area contributed by atoms with Gasteiger partial charge < -0.3 is 10.4 Å². The van der Waals surface area contributed by atoms with Gasteiger partial charge in [-0.2, -0.15) is 0 Å². The lowest BCUT2D eigenvalue weighted by atomic mass is 10.1.